The first-order valence-electron chi connectivity index (χ1n) is 20.9. The highest BCUT2D eigenvalue weighted by molar-refractivity contribution is 6.01. The summed E-state index contributed by atoms with van der Waals surface area (Å²) in [5, 5.41) is 6.80. The molecule has 0 fully saturated rings. The van der Waals surface area contributed by atoms with Gasteiger partial charge in [-0.1, -0.05) is 200 Å². The molecule has 3 nitrogen and oxygen atoms in total. The molecule has 0 atom stereocenters. The van der Waals surface area contributed by atoms with Gasteiger partial charge >= 0.3 is 0 Å². The predicted molar refractivity (Wildman–Crippen MR) is 250 cm³/mol. The van der Waals surface area contributed by atoms with Gasteiger partial charge in [-0.3, -0.25) is 0 Å². The van der Waals surface area contributed by atoms with Crippen molar-refractivity contribution in [2.24, 2.45) is 0 Å². The van der Waals surface area contributed by atoms with Gasteiger partial charge in [0.05, 0.1) is 5.41 Å². The minimum Gasteiger partial charge on any atom is -0.208 e. The van der Waals surface area contributed by atoms with E-state index in [2.05, 4.69) is 212 Å². The van der Waals surface area contributed by atoms with Crippen molar-refractivity contribution in [1.82, 2.24) is 15.0 Å². The van der Waals surface area contributed by atoms with Gasteiger partial charge in [0.15, 0.2) is 17.5 Å². The molecule has 1 heterocycles. The first-order chi connectivity index (χ1) is 30.2. The van der Waals surface area contributed by atoms with Crippen LogP contribution in [0.1, 0.15) is 22.3 Å². The van der Waals surface area contributed by atoms with Crippen molar-refractivity contribution in [3.05, 3.63) is 235 Å². The molecule has 3 heteroatoms. The number of nitrogens with zero attached hydrogens (tertiary/aromatic N) is 3. The molecule has 282 valence electrons. The van der Waals surface area contributed by atoms with E-state index in [4.69, 9.17) is 15.0 Å². The van der Waals surface area contributed by atoms with E-state index in [9.17, 15) is 0 Å². The Balaban J connectivity index is 0.981. The molecule has 61 heavy (non-hydrogen) atoms. The normalized spacial score (nSPS) is 13.0. The third-order valence-corrected chi connectivity index (χ3v) is 13.1. The van der Waals surface area contributed by atoms with Crippen molar-refractivity contribution in [2.75, 3.05) is 0 Å². The highest BCUT2D eigenvalue weighted by Gasteiger charge is 2.52. The van der Waals surface area contributed by atoms with E-state index in [1.165, 1.54) is 55.6 Å². The summed E-state index contributed by atoms with van der Waals surface area (Å²) in [7, 11) is 0. The number of hydrogen-bond acceptors (Lipinski definition) is 3. The van der Waals surface area contributed by atoms with E-state index in [0.29, 0.717) is 17.5 Å². The van der Waals surface area contributed by atoms with Crippen molar-refractivity contribution in [3.63, 3.8) is 0 Å². The monoisotopic (exact) mass is 773 g/mol. The van der Waals surface area contributed by atoms with Crippen LogP contribution in [0.4, 0.5) is 0 Å². The summed E-state index contributed by atoms with van der Waals surface area (Å²) in [6, 6.07) is 77.0. The Morgan fingerprint density at radius 2 is 0.656 bits per heavy atom. The maximum Gasteiger partial charge on any atom is 0.164 e. The molecule has 1 spiro atoms. The van der Waals surface area contributed by atoms with Crippen LogP contribution in [0.3, 0.4) is 0 Å². The second kappa shape index (κ2) is 13.0. The van der Waals surface area contributed by atoms with Crippen LogP contribution in [-0.2, 0) is 5.41 Å². The lowest BCUT2D eigenvalue weighted by Gasteiger charge is -2.32. The molecular formula is C58H35N3. The molecule has 0 aliphatic heterocycles. The quantitative estimate of drug-likeness (QED) is 0.179. The standard InChI is InChI=1S/C58H35N3/c1-3-18-42-36(14-1)16-11-25-49(42)56-59-55(60-57(61-56)50-26-12-17-37-15-2-4-19-43(37)50)41-33-31-38-34-40(32-30-39(38)35-41)44-23-13-24-48-47-22-7-10-29-53(47)58(54(44)48)51-27-8-5-20-45(51)46-21-6-9-28-52(46)58/h1-35H. The predicted octanol–water partition coefficient (Wildman–Crippen LogP) is 14.3. The number of benzene rings is 10. The molecule has 1 aromatic heterocycles. The van der Waals surface area contributed by atoms with E-state index in [1.807, 2.05) is 0 Å². The number of aromatic nitrogens is 3. The maximum absolute atomic E-state index is 5.22. The van der Waals surface area contributed by atoms with Gasteiger partial charge in [0, 0.05) is 16.7 Å². The number of fused-ring (bicyclic) bond motifs is 13. The van der Waals surface area contributed by atoms with Crippen LogP contribution in [0.15, 0.2) is 212 Å². The van der Waals surface area contributed by atoms with Crippen LogP contribution >= 0.6 is 0 Å². The molecule has 0 saturated heterocycles. The summed E-state index contributed by atoms with van der Waals surface area (Å²) in [5.41, 5.74) is 15.6. The number of rotatable bonds is 4. The molecule has 11 aromatic rings. The minimum absolute atomic E-state index is 0.420. The van der Waals surface area contributed by atoms with Crippen molar-refractivity contribution in [1.29, 1.82) is 0 Å². The van der Waals surface area contributed by atoms with Gasteiger partial charge in [-0.25, -0.2) is 15.0 Å². The van der Waals surface area contributed by atoms with E-state index < -0.39 is 5.41 Å². The molecule has 2 aliphatic rings. The summed E-state index contributed by atoms with van der Waals surface area (Å²) in [6.07, 6.45) is 0. The van der Waals surface area contributed by atoms with Crippen LogP contribution in [0.5, 0.6) is 0 Å². The highest BCUT2D eigenvalue weighted by atomic mass is 15.0. The third-order valence-electron chi connectivity index (χ3n) is 13.1. The lowest BCUT2D eigenvalue weighted by Crippen LogP contribution is -2.26. The first-order valence-corrected chi connectivity index (χ1v) is 20.9. The Labute approximate surface area is 353 Å². The minimum atomic E-state index is -0.420. The van der Waals surface area contributed by atoms with Gasteiger partial charge in [0.1, 0.15) is 0 Å². The fraction of sp³-hybridized carbons (Fsp3) is 0.0172. The molecule has 0 amide bonds. The maximum atomic E-state index is 5.22. The Bertz CT molecular complexity index is 3450. The van der Waals surface area contributed by atoms with Crippen molar-refractivity contribution in [2.45, 2.75) is 5.41 Å². The Hall–Kier alpha value is -8.01. The van der Waals surface area contributed by atoms with Gasteiger partial charge in [0.25, 0.3) is 0 Å². The molecule has 2 aliphatic carbocycles. The second-order valence-corrected chi connectivity index (χ2v) is 16.3. The topological polar surface area (TPSA) is 38.7 Å². The summed E-state index contributed by atoms with van der Waals surface area (Å²) < 4.78 is 0. The Kier molecular flexibility index (Phi) is 7.22. The molecule has 0 N–H and O–H groups in total. The molecule has 0 saturated carbocycles. The fourth-order valence-corrected chi connectivity index (χ4v) is 10.5. The highest BCUT2D eigenvalue weighted by Crippen LogP contribution is 2.64. The van der Waals surface area contributed by atoms with Gasteiger partial charge in [-0.2, -0.15) is 0 Å². The van der Waals surface area contributed by atoms with Crippen LogP contribution < -0.4 is 0 Å². The molecule has 13 rings (SSSR count). The van der Waals surface area contributed by atoms with Gasteiger partial charge in [-0.15, -0.1) is 0 Å². The fourth-order valence-electron chi connectivity index (χ4n) is 10.5. The SMILES string of the molecule is c1ccc2c(c1)-c1ccccc1C21c2ccccc2-c2cccc(-c3ccc4cc(-c5nc(-c6cccc7ccccc67)nc(-c6cccc7ccccc67)n5)ccc4c3)c21. The Morgan fingerprint density at radius 1 is 0.262 bits per heavy atom. The summed E-state index contributed by atoms with van der Waals surface area (Å²) >= 11 is 0. The average Bonchev–Trinajstić information content (AvgIpc) is 3.81. The van der Waals surface area contributed by atoms with Crippen molar-refractivity contribution in [3.8, 4) is 67.5 Å². The zero-order valence-corrected chi connectivity index (χ0v) is 33.0. The third kappa shape index (κ3) is 4.89. The van der Waals surface area contributed by atoms with E-state index >= 15 is 0 Å². The lowest BCUT2D eigenvalue weighted by molar-refractivity contribution is 0.796. The average molecular weight is 774 g/mol. The van der Waals surface area contributed by atoms with Crippen molar-refractivity contribution >= 4 is 32.3 Å². The summed E-state index contributed by atoms with van der Waals surface area (Å²) in [5.74, 6) is 1.96. The van der Waals surface area contributed by atoms with Gasteiger partial charge in [0.2, 0.25) is 0 Å². The second-order valence-electron chi connectivity index (χ2n) is 16.3. The van der Waals surface area contributed by atoms with Crippen LogP contribution in [0.25, 0.3) is 99.9 Å². The largest absolute Gasteiger partial charge is 0.208 e. The van der Waals surface area contributed by atoms with E-state index in [1.54, 1.807) is 0 Å². The first kappa shape index (κ1) is 33.9. The molecule has 0 radical (unpaired) electrons. The van der Waals surface area contributed by atoms with Crippen LogP contribution in [0.2, 0.25) is 0 Å². The summed E-state index contributed by atoms with van der Waals surface area (Å²) in [4.78, 5) is 15.6. The van der Waals surface area contributed by atoms with E-state index in [0.717, 1.165) is 49.0 Å². The van der Waals surface area contributed by atoms with Crippen molar-refractivity contribution < 1.29 is 0 Å². The molecule has 10 aromatic carbocycles. The van der Waals surface area contributed by atoms with Gasteiger partial charge < -0.3 is 0 Å². The molecule has 0 bridgehead atoms. The zero-order chi connectivity index (χ0) is 40.1. The van der Waals surface area contributed by atoms with Gasteiger partial charge in [-0.05, 0) is 100 Å². The van der Waals surface area contributed by atoms with Crippen LogP contribution in [0, 0.1) is 0 Å². The lowest BCUT2D eigenvalue weighted by atomic mass is 9.68. The summed E-state index contributed by atoms with van der Waals surface area (Å²) in [6.45, 7) is 0. The van der Waals surface area contributed by atoms with E-state index in [-0.39, 0.29) is 0 Å². The zero-order valence-electron chi connectivity index (χ0n) is 33.0. The van der Waals surface area contributed by atoms with Crippen LogP contribution in [-0.4, -0.2) is 15.0 Å². The number of hydrogen-bond donors (Lipinski definition) is 0. The molecule has 0 unspecified atom stereocenters. The smallest absolute Gasteiger partial charge is 0.164 e. The molecular weight excluding hydrogens is 739 g/mol. The Morgan fingerprint density at radius 3 is 1.25 bits per heavy atom.